The van der Waals surface area contributed by atoms with Gasteiger partial charge < -0.3 is 0 Å². The molecular weight excluding hydrogens is 343 g/mol. The van der Waals surface area contributed by atoms with E-state index in [0.29, 0.717) is 32.7 Å². The zero-order chi connectivity index (χ0) is 17.1. The van der Waals surface area contributed by atoms with Crippen LogP contribution >= 0.6 is 23.2 Å². The number of hydrogen-bond acceptors (Lipinski definition) is 3. The van der Waals surface area contributed by atoms with E-state index in [-0.39, 0.29) is 0 Å². The molecule has 2 aromatic heterocycles. The van der Waals surface area contributed by atoms with Gasteiger partial charge in [0.1, 0.15) is 11.2 Å². The molecular formula is C18H12Cl2N4. The molecule has 118 valence electrons. The van der Waals surface area contributed by atoms with E-state index in [2.05, 4.69) is 16.2 Å². The standard InChI is InChI=1S/C18H12Cl2N4/c1-12-16(9-13(11-21)17-7-2-3-8-22-17)18(20)24(23-12)15-6-4-5-14(19)10-15/h2-10H,1H3. The van der Waals surface area contributed by atoms with Gasteiger partial charge >= 0.3 is 0 Å². The number of aromatic nitrogens is 3. The van der Waals surface area contributed by atoms with Gasteiger partial charge in [0, 0.05) is 16.8 Å². The van der Waals surface area contributed by atoms with Crippen LogP contribution in [0.25, 0.3) is 17.3 Å². The molecule has 0 radical (unpaired) electrons. The summed E-state index contributed by atoms with van der Waals surface area (Å²) in [6, 6.07) is 14.8. The number of nitrogens with zero attached hydrogens (tertiary/aromatic N) is 4. The molecule has 0 spiro atoms. The monoisotopic (exact) mass is 354 g/mol. The molecule has 0 aliphatic heterocycles. The van der Waals surface area contributed by atoms with Crippen molar-refractivity contribution in [2.75, 3.05) is 0 Å². The van der Waals surface area contributed by atoms with Crippen molar-refractivity contribution in [3.8, 4) is 11.8 Å². The highest BCUT2D eigenvalue weighted by Crippen LogP contribution is 2.28. The van der Waals surface area contributed by atoms with Crippen molar-refractivity contribution in [1.29, 1.82) is 5.26 Å². The summed E-state index contributed by atoms with van der Waals surface area (Å²) in [6.45, 7) is 1.84. The molecule has 3 aromatic rings. The number of hydrogen-bond donors (Lipinski definition) is 0. The fourth-order valence-electron chi connectivity index (χ4n) is 2.28. The van der Waals surface area contributed by atoms with E-state index in [9.17, 15) is 5.26 Å². The molecule has 0 amide bonds. The molecule has 1 aromatic carbocycles. The molecule has 2 heterocycles. The number of benzene rings is 1. The van der Waals surface area contributed by atoms with Crippen LogP contribution in [0.1, 0.15) is 17.0 Å². The number of halogens is 2. The second kappa shape index (κ2) is 6.88. The fourth-order valence-corrected chi connectivity index (χ4v) is 2.80. The van der Waals surface area contributed by atoms with Crippen molar-refractivity contribution in [3.05, 3.63) is 75.8 Å². The summed E-state index contributed by atoms with van der Waals surface area (Å²) in [7, 11) is 0. The molecule has 0 saturated heterocycles. The maximum absolute atomic E-state index is 9.44. The molecule has 3 rings (SSSR count). The van der Waals surface area contributed by atoms with Crippen LogP contribution in [-0.2, 0) is 0 Å². The lowest BCUT2D eigenvalue weighted by atomic mass is 10.1. The topological polar surface area (TPSA) is 54.5 Å². The summed E-state index contributed by atoms with van der Waals surface area (Å²) in [5, 5.41) is 14.9. The van der Waals surface area contributed by atoms with E-state index in [1.165, 1.54) is 0 Å². The third-order valence-corrected chi connectivity index (χ3v) is 4.05. The van der Waals surface area contributed by atoms with Crippen LogP contribution in [0.3, 0.4) is 0 Å². The average molecular weight is 355 g/mol. The summed E-state index contributed by atoms with van der Waals surface area (Å²) >= 11 is 12.5. The van der Waals surface area contributed by atoms with Crippen molar-refractivity contribution in [2.45, 2.75) is 6.92 Å². The van der Waals surface area contributed by atoms with Crippen molar-refractivity contribution < 1.29 is 0 Å². The number of allylic oxidation sites excluding steroid dienone is 1. The summed E-state index contributed by atoms with van der Waals surface area (Å²) < 4.78 is 1.60. The van der Waals surface area contributed by atoms with Crippen LogP contribution in [0, 0.1) is 18.3 Å². The van der Waals surface area contributed by atoms with Crippen LogP contribution < -0.4 is 0 Å². The van der Waals surface area contributed by atoms with E-state index in [1.807, 2.05) is 25.1 Å². The lowest BCUT2D eigenvalue weighted by Crippen LogP contribution is -1.96. The van der Waals surface area contributed by atoms with E-state index >= 15 is 0 Å². The maximum Gasteiger partial charge on any atom is 0.140 e. The second-order valence-corrected chi connectivity index (χ2v) is 5.86. The van der Waals surface area contributed by atoms with Gasteiger partial charge in [0.2, 0.25) is 0 Å². The van der Waals surface area contributed by atoms with Crippen LogP contribution in [0.4, 0.5) is 0 Å². The highest BCUT2D eigenvalue weighted by atomic mass is 35.5. The first kappa shape index (κ1) is 16.3. The summed E-state index contributed by atoms with van der Waals surface area (Å²) in [4.78, 5) is 4.20. The Bertz CT molecular complexity index is 953. The Morgan fingerprint density at radius 1 is 1.21 bits per heavy atom. The van der Waals surface area contributed by atoms with E-state index in [0.717, 1.165) is 5.69 Å². The number of rotatable bonds is 3. The Morgan fingerprint density at radius 2 is 2.04 bits per heavy atom. The Labute approximate surface area is 149 Å². The molecule has 4 nitrogen and oxygen atoms in total. The lowest BCUT2D eigenvalue weighted by molar-refractivity contribution is 0.863. The SMILES string of the molecule is Cc1nn(-c2cccc(Cl)c2)c(Cl)c1C=C(C#N)c1ccccn1. The minimum absolute atomic E-state index is 0.415. The van der Waals surface area contributed by atoms with Crippen molar-refractivity contribution in [1.82, 2.24) is 14.8 Å². The van der Waals surface area contributed by atoms with Crippen LogP contribution in [-0.4, -0.2) is 14.8 Å². The van der Waals surface area contributed by atoms with Gasteiger partial charge in [-0.15, -0.1) is 0 Å². The third-order valence-electron chi connectivity index (χ3n) is 3.45. The maximum atomic E-state index is 9.44. The molecule has 0 bridgehead atoms. The van der Waals surface area contributed by atoms with Crippen LogP contribution in [0.5, 0.6) is 0 Å². The minimum atomic E-state index is 0.415. The molecule has 0 aliphatic rings. The average Bonchev–Trinajstić information content (AvgIpc) is 2.88. The van der Waals surface area contributed by atoms with Gasteiger partial charge in [-0.3, -0.25) is 4.98 Å². The largest absolute Gasteiger partial charge is 0.256 e. The van der Waals surface area contributed by atoms with Crippen molar-refractivity contribution in [2.24, 2.45) is 0 Å². The second-order valence-electron chi connectivity index (χ2n) is 5.07. The number of pyridine rings is 1. The minimum Gasteiger partial charge on any atom is -0.256 e. The molecule has 0 aliphatic carbocycles. The fraction of sp³-hybridized carbons (Fsp3) is 0.0556. The molecule has 0 saturated carbocycles. The smallest absolute Gasteiger partial charge is 0.140 e. The Hall–Kier alpha value is -2.61. The molecule has 0 unspecified atom stereocenters. The van der Waals surface area contributed by atoms with Gasteiger partial charge in [-0.1, -0.05) is 35.3 Å². The highest BCUT2D eigenvalue weighted by molar-refractivity contribution is 6.32. The summed E-state index contributed by atoms with van der Waals surface area (Å²) in [6.07, 6.45) is 3.35. The molecule has 24 heavy (non-hydrogen) atoms. The van der Waals surface area contributed by atoms with Crippen LogP contribution in [0.15, 0.2) is 48.7 Å². The zero-order valence-electron chi connectivity index (χ0n) is 12.7. The van der Waals surface area contributed by atoms with Gasteiger partial charge in [0.05, 0.1) is 22.6 Å². The lowest BCUT2D eigenvalue weighted by Gasteiger charge is -2.03. The Balaban J connectivity index is 2.10. The Morgan fingerprint density at radius 3 is 2.71 bits per heavy atom. The molecule has 6 heteroatoms. The third kappa shape index (κ3) is 3.18. The van der Waals surface area contributed by atoms with E-state index in [4.69, 9.17) is 23.2 Å². The molecule has 0 N–H and O–H groups in total. The predicted octanol–water partition coefficient (Wildman–Crippen LogP) is 4.95. The molecule has 0 atom stereocenters. The van der Waals surface area contributed by atoms with Crippen LogP contribution in [0.2, 0.25) is 10.2 Å². The van der Waals surface area contributed by atoms with Gasteiger partial charge in [-0.25, -0.2) is 4.68 Å². The Kier molecular flexibility index (Phi) is 4.66. The first-order valence-corrected chi connectivity index (χ1v) is 7.90. The first-order chi connectivity index (χ1) is 11.6. The normalized spacial score (nSPS) is 11.3. The van der Waals surface area contributed by atoms with E-state index in [1.54, 1.807) is 41.2 Å². The van der Waals surface area contributed by atoms with Gasteiger partial charge in [-0.05, 0) is 43.3 Å². The van der Waals surface area contributed by atoms with E-state index < -0.39 is 0 Å². The van der Waals surface area contributed by atoms with Gasteiger partial charge in [0.25, 0.3) is 0 Å². The zero-order valence-corrected chi connectivity index (χ0v) is 14.3. The van der Waals surface area contributed by atoms with Gasteiger partial charge in [0.15, 0.2) is 0 Å². The first-order valence-electron chi connectivity index (χ1n) is 7.14. The van der Waals surface area contributed by atoms with Crippen molar-refractivity contribution >= 4 is 34.9 Å². The quantitative estimate of drug-likeness (QED) is 0.625. The molecule has 0 fully saturated rings. The van der Waals surface area contributed by atoms with Crippen molar-refractivity contribution in [3.63, 3.8) is 0 Å². The number of nitriles is 1. The summed E-state index contributed by atoms with van der Waals surface area (Å²) in [5.41, 5.74) is 3.16. The van der Waals surface area contributed by atoms with Gasteiger partial charge in [-0.2, -0.15) is 10.4 Å². The number of aryl methyl sites for hydroxylation is 1. The summed E-state index contributed by atoms with van der Waals surface area (Å²) in [5.74, 6) is 0. The predicted molar refractivity (Wildman–Crippen MR) is 96.0 cm³/mol. The highest BCUT2D eigenvalue weighted by Gasteiger charge is 2.15.